The third-order valence-electron chi connectivity index (χ3n) is 5.77. The Bertz CT molecular complexity index is 741. The van der Waals surface area contributed by atoms with E-state index in [0.29, 0.717) is 13.2 Å². The summed E-state index contributed by atoms with van der Waals surface area (Å²) >= 11 is 0. The maximum absolute atomic E-state index is 13.2. The molecule has 4 atom stereocenters. The highest BCUT2D eigenvalue weighted by atomic mass is 16.6. The van der Waals surface area contributed by atoms with Gasteiger partial charge in [-0.1, -0.05) is 44.6 Å². The Labute approximate surface area is 154 Å². The summed E-state index contributed by atoms with van der Waals surface area (Å²) in [6.07, 6.45) is 6.29. The minimum atomic E-state index is -0.695. The van der Waals surface area contributed by atoms with E-state index in [4.69, 9.17) is 9.47 Å². The molecule has 26 heavy (non-hydrogen) atoms. The molecular weight excluding hydrogens is 330 g/mol. The predicted molar refractivity (Wildman–Crippen MR) is 97.8 cm³/mol. The van der Waals surface area contributed by atoms with Gasteiger partial charge in [0.25, 0.3) is 0 Å². The van der Waals surface area contributed by atoms with E-state index in [1.165, 1.54) is 5.56 Å². The monoisotopic (exact) mass is 355 g/mol. The van der Waals surface area contributed by atoms with Crippen LogP contribution in [0, 0.1) is 11.8 Å². The van der Waals surface area contributed by atoms with Gasteiger partial charge >= 0.3 is 5.97 Å². The van der Waals surface area contributed by atoms with Crippen molar-refractivity contribution < 1.29 is 19.1 Å². The number of unbranched alkanes of at least 4 members (excludes halogenated alkanes) is 1. The molecule has 3 aliphatic rings. The Morgan fingerprint density at radius 3 is 2.77 bits per heavy atom. The highest BCUT2D eigenvalue weighted by Gasteiger charge is 2.67. The van der Waals surface area contributed by atoms with Crippen molar-refractivity contribution in [1.29, 1.82) is 0 Å². The number of carbonyl (C=O) groups is 2. The molecule has 0 radical (unpaired) electrons. The lowest BCUT2D eigenvalue weighted by atomic mass is 9.77. The van der Waals surface area contributed by atoms with Crippen LogP contribution in [0.3, 0.4) is 0 Å². The average molecular weight is 355 g/mol. The Morgan fingerprint density at radius 1 is 1.31 bits per heavy atom. The zero-order chi connectivity index (χ0) is 18.3. The van der Waals surface area contributed by atoms with Crippen molar-refractivity contribution in [3.05, 3.63) is 42.0 Å². The summed E-state index contributed by atoms with van der Waals surface area (Å²) in [4.78, 5) is 27.5. The second kappa shape index (κ2) is 6.54. The molecule has 0 N–H and O–H groups in total. The van der Waals surface area contributed by atoms with Crippen molar-refractivity contribution in [2.45, 2.75) is 44.8 Å². The van der Waals surface area contributed by atoms with Crippen LogP contribution in [-0.4, -0.2) is 36.7 Å². The van der Waals surface area contributed by atoms with Crippen LogP contribution in [0.25, 0.3) is 0 Å². The van der Waals surface area contributed by atoms with Gasteiger partial charge in [0.1, 0.15) is 11.5 Å². The standard InChI is InChI=1S/C21H25NO4/c1-3-5-12-25-20(24)17-16-10-11-21(26-16)13-22(19(23)18(17)21)15-8-6-14(4-2)7-9-15/h6-11,16-18H,3-5,12-13H2,1-2H3/t16-,17+,18-,21+/m1/s1. The summed E-state index contributed by atoms with van der Waals surface area (Å²) < 4.78 is 11.5. The molecule has 5 nitrogen and oxygen atoms in total. The maximum Gasteiger partial charge on any atom is 0.312 e. The normalized spacial score (nSPS) is 31.5. The van der Waals surface area contributed by atoms with Gasteiger partial charge < -0.3 is 14.4 Å². The average Bonchev–Trinajstić information content (AvgIpc) is 3.30. The summed E-state index contributed by atoms with van der Waals surface area (Å²) in [5, 5.41) is 0. The van der Waals surface area contributed by atoms with Gasteiger partial charge in [0.2, 0.25) is 5.91 Å². The van der Waals surface area contributed by atoms with Crippen molar-refractivity contribution in [3.8, 4) is 0 Å². The van der Waals surface area contributed by atoms with E-state index in [-0.39, 0.29) is 18.0 Å². The van der Waals surface area contributed by atoms with E-state index in [1.54, 1.807) is 4.90 Å². The van der Waals surface area contributed by atoms with Gasteiger partial charge in [-0.25, -0.2) is 0 Å². The molecule has 0 aromatic heterocycles. The summed E-state index contributed by atoms with van der Waals surface area (Å²) in [6.45, 7) is 5.01. The van der Waals surface area contributed by atoms with Gasteiger partial charge in [0.15, 0.2) is 0 Å². The summed E-state index contributed by atoms with van der Waals surface area (Å²) in [5.74, 6) is -1.38. The molecular formula is C21H25NO4. The van der Waals surface area contributed by atoms with Gasteiger partial charge in [0.05, 0.1) is 25.2 Å². The van der Waals surface area contributed by atoms with Gasteiger partial charge in [-0.2, -0.15) is 0 Å². The maximum atomic E-state index is 13.2. The van der Waals surface area contributed by atoms with E-state index < -0.39 is 17.4 Å². The van der Waals surface area contributed by atoms with Crippen LogP contribution in [0.15, 0.2) is 36.4 Å². The number of esters is 1. The molecule has 2 saturated heterocycles. The SMILES string of the molecule is CCCCOC(=O)[C@H]1[C@H]2C=C[C@@]3(CN(c4ccc(CC)cc4)C(=O)[C@@H]13)O2. The van der Waals surface area contributed by atoms with Gasteiger partial charge in [0, 0.05) is 5.69 Å². The largest absolute Gasteiger partial charge is 0.465 e. The topological polar surface area (TPSA) is 55.8 Å². The molecule has 1 aromatic carbocycles. The van der Waals surface area contributed by atoms with Crippen LogP contribution in [-0.2, 0) is 25.5 Å². The summed E-state index contributed by atoms with van der Waals surface area (Å²) in [7, 11) is 0. The van der Waals surface area contributed by atoms with Gasteiger partial charge in [-0.05, 0) is 30.5 Å². The van der Waals surface area contributed by atoms with Crippen LogP contribution >= 0.6 is 0 Å². The highest BCUT2D eigenvalue weighted by Crippen LogP contribution is 2.52. The second-order valence-electron chi connectivity index (χ2n) is 7.37. The first kappa shape index (κ1) is 17.3. The minimum Gasteiger partial charge on any atom is -0.465 e. The van der Waals surface area contributed by atoms with E-state index >= 15 is 0 Å². The van der Waals surface area contributed by atoms with Crippen LogP contribution in [0.1, 0.15) is 32.3 Å². The molecule has 138 valence electrons. The lowest BCUT2D eigenvalue weighted by molar-refractivity contribution is -0.152. The minimum absolute atomic E-state index is 0.0430. The van der Waals surface area contributed by atoms with Crippen LogP contribution in [0.2, 0.25) is 0 Å². The number of carbonyl (C=O) groups excluding carboxylic acids is 2. The molecule has 1 amide bonds. The number of amides is 1. The van der Waals surface area contributed by atoms with Crippen LogP contribution in [0.4, 0.5) is 5.69 Å². The molecule has 1 aromatic rings. The fourth-order valence-corrected chi connectivity index (χ4v) is 4.31. The molecule has 3 aliphatic heterocycles. The lowest BCUT2D eigenvalue weighted by Crippen LogP contribution is -2.40. The number of fused-ring (bicyclic) bond motifs is 1. The molecule has 3 heterocycles. The smallest absolute Gasteiger partial charge is 0.312 e. The van der Waals surface area contributed by atoms with E-state index in [9.17, 15) is 9.59 Å². The van der Waals surface area contributed by atoms with Crippen molar-refractivity contribution in [1.82, 2.24) is 0 Å². The molecule has 0 unspecified atom stereocenters. The van der Waals surface area contributed by atoms with E-state index in [0.717, 1.165) is 24.9 Å². The number of rotatable bonds is 6. The summed E-state index contributed by atoms with van der Waals surface area (Å²) in [6, 6.07) is 8.02. The van der Waals surface area contributed by atoms with Crippen molar-refractivity contribution in [2.24, 2.45) is 11.8 Å². The first-order chi connectivity index (χ1) is 12.6. The Morgan fingerprint density at radius 2 is 2.08 bits per heavy atom. The third kappa shape index (κ3) is 2.57. The highest BCUT2D eigenvalue weighted by molar-refractivity contribution is 6.02. The number of anilines is 1. The molecule has 0 aliphatic carbocycles. The molecule has 0 saturated carbocycles. The first-order valence-electron chi connectivity index (χ1n) is 9.54. The first-order valence-corrected chi connectivity index (χ1v) is 9.54. The zero-order valence-electron chi connectivity index (χ0n) is 15.3. The van der Waals surface area contributed by atoms with Gasteiger partial charge in [-0.15, -0.1) is 0 Å². The Balaban J connectivity index is 1.57. The number of nitrogens with zero attached hydrogens (tertiary/aromatic N) is 1. The van der Waals surface area contributed by atoms with E-state index in [1.807, 2.05) is 43.3 Å². The molecule has 5 heteroatoms. The van der Waals surface area contributed by atoms with Crippen molar-refractivity contribution in [2.75, 3.05) is 18.1 Å². The van der Waals surface area contributed by atoms with E-state index in [2.05, 4.69) is 6.92 Å². The van der Waals surface area contributed by atoms with Gasteiger partial charge in [-0.3, -0.25) is 9.59 Å². The lowest BCUT2D eigenvalue weighted by Gasteiger charge is -2.22. The Kier molecular flexibility index (Phi) is 4.35. The van der Waals surface area contributed by atoms with Crippen LogP contribution < -0.4 is 4.90 Å². The molecule has 1 spiro atoms. The van der Waals surface area contributed by atoms with Crippen LogP contribution in [0.5, 0.6) is 0 Å². The molecule has 4 rings (SSSR count). The predicted octanol–water partition coefficient (Wildman–Crippen LogP) is 2.88. The second-order valence-corrected chi connectivity index (χ2v) is 7.37. The number of benzene rings is 1. The molecule has 2 fully saturated rings. The zero-order valence-corrected chi connectivity index (χ0v) is 15.3. The number of hydrogen-bond acceptors (Lipinski definition) is 4. The Hall–Kier alpha value is -2.14. The number of ether oxygens (including phenoxy) is 2. The summed E-state index contributed by atoms with van der Waals surface area (Å²) in [5.41, 5.74) is 1.39. The molecule has 2 bridgehead atoms. The number of aryl methyl sites for hydroxylation is 1. The fourth-order valence-electron chi connectivity index (χ4n) is 4.31. The van der Waals surface area contributed by atoms with Crippen molar-refractivity contribution in [3.63, 3.8) is 0 Å². The van der Waals surface area contributed by atoms with Crippen molar-refractivity contribution >= 4 is 17.6 Å². The quantitative estimate of drug-likeness (QED) is 0.447. The third-order valence-corrected chi connectivity index (χ3v) is 5.77. The fraction of sp³-hybridized carbons (Fsp3) is 0.524. The number of hydrogen-bond donors (Lipinski definition) is 0.